The smallest absolute Gasteiger partial charge is 0.262 e. The molecule has 0 unspecified atom stereocenters. The van der Waals surface area contributed by atoms with Gasteiger partial charge in [-0.1, -0.05) is 30.0 Å². The highest BCUT2D eigenvalue weighted by molar-refractivity contribution is 7.99. The molecule has 6 nitrogen and oxygen atoms in total. The molecule has 124 valence electrons. The van der Waals surface area contributed by atoms with E-state index < -0.39 is 0 Å². The van der Waals surface area contributed by atoms with Gasteiger partial charge in [-0.15, -0.1) is 0 Å². The van der Waals surface area contributed by atoms with Gasteiger partial charge >= 0.3 is 0 Å². The second-order valence-electron chi connectivity index (χ2n) is 5.44. The zero-order valence-electron chi connectivity index (χ0n) is 13.1. The molecular formula is C18H13N3O3S. The molecule has 0 radical (unpaired) electrons. The third-order valence-corrected chi connectivity index (χ3v) is 4.71. The lowest BCUT2D eigenvalue weighted by atomic mass is 10.2. The monoisotopic (exact) mass is 351 g/mol. The highest BCUT2D eigenvalue weighted by atomic mass is 32.2. The number of nitrogens with zero attached hydrogens (tertiary/aromatic N) is 3. The van der Waals surface area contributed by atoms with E-state index in [2.05, 4.69) is 11.1 Å². The summed E-state index contributed by atoms with van der Waals surface area (Å²) in [4.78, 5) is 17.5. The molecular weight excluding hydrogens is 338 g/mol. The Balaban J connectivity index is 1.80. The molecule has 0 spiro atoms. The number of hydrogen-bond donors (Lipinski definition) is 0. The zero-order chi connectivity index (χ0) is 17.2. The van der Waals surface area contributed by atoms with Crippen LogP contribution in [0.4, 0.5) is 0 Å². The Labute approximate surface area is 147 Å². The maximum absolute atomic E-state index is 12.9. The first-order valence-corrected chi connectivity index (χ1v) is 8.62. The minimum absolute atomic E-state index is 0.122. The highest BCUT2D eigenvalue weighted by Gasteiger charge is 2.16. The SMILES string of the molecule is N#CCSc1nc2ccccc2c(=O)n1Cc1ccc2c(c1)OCO2. The minimum atomic E-state index is -0.122. The van der Waals surface area contributed by atoms with Crippen LogP contribution in [0, 0.1) is 11.3 Å². The molecule has 25 heavy (non-hydrogen) atoms. The Morgan fingerprint density at radius 3 is 2.92 bits per heavy atom. The van der Waals surface area contributed by atoms with E-state index in [9.17, 15) is 4.79 Å². The second-order valence-corrected chi connectivity index (χ2v) is 6.38. The van der Waals surface area contributed by atoms with Gasteiger partial charge in [-0.3, -0.25) is 9.36 Å². The van der Waals surface area contributed by atoms with Crippen LogP contribution in [0.15, 0.2) is 52.4 Å². The molecule has 2 heterocycles. The van der Waals surface area contributed by atoms with Crippen molar-refractivity contribution in [3.05, 3.63) is 58.4 Å². The van der Waals surface area contributed by atoms with Gasteiger partial charge in [0.15, 0.2) is 16.7 Å². The summed E-state index contributed by atoms with van der Waals surface area (Å²) in [7, 11) is 0. The van der Waals surface area contributed by atoms with Gasteiger partial charge in [-0.2, -0.15) is 5.26 Å². The van der Waals surface area contributed by atoms with E-state index >= 15 is 0 Å². The molecule has 3 aromatic rings. The Hall–Kier alpha value is -2.98. The largest absolute Gasteiger partial charge is 0.454 e. The molecule has 0 bridgehead atoms. The minimum Gasteiger partial charge on any atom is -0.454 e. The molecule has 1 aromatic heterocycles. The van der Waals surface area contributed by atoms with Gasteiger partial charge < -0.3 is 9.47 Å². The number of rotatable bonds is 4. The number of thioether (sulfide) groups is 1. The van der Waals surface area contributed by atoms with E-state index in [4.69, 9.17) is 14.7 Å². The first-order chi connectivity index (χ1) is 12.3. The lowest BCUT2D eigenvalue weighted by Gasteiger charge is -2.12. The quantitative estimate of drug-likeness (QED) is 0.531. The van der Waals surface area contributed by atoms with Crippen molar-refractivity contribution in [3.8, 4) is 17.6 Å². The van der Waals surface area contributed by atoms with Crippen LogP contribution in [0.2, 0.25) is 0 Å². The molecule has 0 aliphatic carbocycles. The van der Waals surface area contributed by atoms with Crippen LogP contribution < -0.4 is 15.0 Å². The van der Waals surface area contributed by atoms with E-state index in [1.54, 1.807) is 16.7 Å². The molecule has 0 saturated carbocycles. The lowest BCUT2D eigenvalue weighted by molar-refractivity contribution is 0.174. The maximum atomic E-state index is 12.9. The summed E-state index contributed by atoms with van der Waals surface area (Å²) in [5.41, 5.74) is 1.42. The summed E-state index contributed by atoms with van der Waals surface area (Å²) in [6.07, 6.45) is 0. The standard InChI is InChI=1S/C18H13N3O3S/c19-7-8-25-18-20-14-4-2-1-3-13(14)17(22)21(18)10-12-5-6-15-16(9-12)24-11-23-15/h1-6,9H,8,10-11H2. The Bertz CT molecular complexity index is 1060. The van der Waals surface area contributed by atoms with E-state index in [0.717, 1.165) is 5.56 Å². The normalized spacial score (nSPS) is 12.3. The van der Waals surface area contributed by atoms with Crippen molar-refractivity contribution >= 4 is 22.7 Å². The fourth-order valence-electron chi connectivity index (χ4n) is 2.72. The number of para-hydroxylation sites is 1. The number of fused-ring (bicyclic) bond motifs is 2. The summed E-state index contributed by atoms with van der Waals surface area (Å²) < 4.78 is 12.3. The third kappa shape index (κ3) is 2.92. The summed E-state index contributed by atoms with van der Waals surface area (Å²) in [5, 5.41) is 9.97. The first-order valence-electron chi connectivity index (χ1n) is 7.64. The van der Waals surface area contributed by atoms with Crippen LogP contribution in [0.1, 0.15) is 5.56 Å². The molecule has 1 aliphatic heterocycles. The molecule has 4 rings (SSSR count). The van der Waals surface area contributed by atoms with E-state index in [1.807, 2.05) is 30.3 Å². The fraction of sp³-hybridized carbons (Fsp3) is 0.167. The molecule has 0 saturated heterocycles. The van der Waals surface area contributed by atoms with Crippen molar-refractivity contribution < 1.29 is 9.47 Å². The average Bonchev–Trinajstić information content (AvgIpc) is 3.10. The predicted molar refractivity (Wildman–Crippen MR) is 94.0 cm³/mol. The number of aromatic nitrogens is 2. The topological polar surface area (TPSA) is 77.1 Å². The van der Waals surface area contributed by atoms with Crippen LogP contribution in [-0.4, -0.2) is 22.1 Å². The number of hydrogen-bond acceptors (Lipinski definition) is 6. The Morgan fingerprint density at radius 1 is 1.20 bits per heavy atom. The van der Waals surface area contributed by atoms with Crippen molar-refractivity contribution in [1.82, 2.24) is 9.55 Å². The van der Waals surface area contributed by atoms with Crippen LogP contribution >= 0.6 is 11.8 Å². The first kappa shape index (κ1) is 15.5. The molecule has 7 heteroatoms. The van der Waals surface area contributed by atoms with Crippen molar-refractivity contribution in [2.24, 2.45) is 0 Å². The van der Waals surface area contributed by atoms with Crippen molar-refractivity contribution in [2.45, 2.75) is 11.7 Å². The van der Waals surface area contributed by atoms with E-state index in [-0.39, 0.29) is 18.1 Å². The zero-order valence-corrected chi connectivity index (χ0v) is 14.0. The van der Waals surface area contributed by atoms with E-state index in [1.165, 1.54) is 11.8 Å². The number of nitriles is 1. The lowest BCUT2D eigenvalue weighted by Crippen LogP contribution is -2.24. The van der Waals surface area contributed by atoms with Gasteiger partial charge in [-0.25, -0.2) is 4.98 Å². The van der Waals surface area contributed by atoms with Gasteiger partial charge in [0, 0.05) is 0 Å². The highest BCUT2D eigenvalue weighted by Crippen LogP contribution is 2.32. The van der Waals surface area contributed by atoms with Crippen LogP contribution in [-0.2, 0) is 6.54 Å². The third-order valence-electron chi connectivity index (χ3n) is 3.87. The molecule has 0 atom stereocenters. The molecule has 0 N–H and O–H groups in total. The van der Waals surface area contributed by atoms with Crippen LogP contribution in [0.25, 0.3) is 10.9 Å². The second kappa shape index (κ2) is 6.49. The molecule has 0 fully saturated rings. The average molecular weight is 351 g/mol. The van der Waals surface area contributed by atoms with Crippen molar-refractivity contribution in [3.63, 3.8) is 0 Å². The predicted octanol–water partition coefficient (Wildman–Crippen LogP) is 2.79. The van der Waals surface area contributed by atoms with Crippen LogP contribution in [0.3, 0.4) is 0 Å². The fourth-order valence-corrected chi connectivity index (χ4v) is 3.38. The summed E-state index contributed by atoms with van der Waals surface area (Å²) >= 11 is 1.26. The Kier molecular flexibility index (Phi) is 4.04. The van der Waals surface area contributed by atoms with Crippen molar-refractivity contribution in [1.29, 1.82) is 5.26 Å². The van der Waals surface area contributed by atoms with Gasteiger partial charge in [-0.05, 0) is 29.8 Å². The van der Waals surface area contributed by atoms with Gasteiger partial charge in [0.2, 0.25) is 6.79 Å². The maximum Gasteiger partial charge on any atom is 0.262 e. The summed E-state index contributed by atoms with van der Waals surface area (Å²) in [6.45, 7) is 0.556. The molecule has 0 amide bonds. The number of ether oxygens (including phenoxy) is 2. The number of benzene rings is 2. The summed E-state index contributed by atoms with van der Waals surface area (Å²) in [5.74, 6) is 1.60. The molecule has 2 aromatic carbocycles. The van der Waals surface area contributed by atoms with Crippen molar-refractivity contribution in [2.75, 3.05) is 12.5 Å². The van der Waals surface area contributed by atoms with E-state index in [0.29, 0.717) is 34.1 Å². The molecule has 1 aliphatic rings. The van der Waals surface area contributed by atoms with Crippen LogP contribution in [0.5, 0.6) is 11.5 Å². The summed E-state index contributed by atoms with van der Waals surface area (Å²) in [6, 6.07) is 14.9. The Morgan fingerprint density at radius 2 is 2.04 bits per heavy atom. The van der Waals surface area contributed by atoms with Gasteiger partial charge in [0.25, 0.3) is 5.56 Å². The van der Waals surface area contributed by atoms with Gasteiger partial charge in [0.05, 0.1) is 29.3 Å². The van der Waals surface area contributed by atoms with Gasteiger partial charge in [0.1, 0.15) is 0 Å².